The van der Waals surface area contributed by atoms with Gasteiger partial charge in [0.25, 0.3) is 0 Å². The summed E-state index contributed by atoms with van der Waals surface area (Å²) in [6, 6.07) is 8.00. The van der Waals surface area contributed by atoms with Crippen LogP contribution in [-0.4, -0.2) is 11.7 Å². The second kappa shape index (κ2) is 6.39. The molecule has 0 bridgehead atoms. The van der Waals surface area contributed by atoms with Crippen molar-refractivity contribution in [2.75, 3.05) is 6.61 Å². The van der Waals surface area contributed by atoms with Crippen LogP contribution in [0.4, 0.5) is 0 Å². The van der Waals surface area contributed by atoms with E-state index in [1.807, 2.05) is 24.3 Å². The quantitative estimate of drug-likeness (QED) is 0.854. The lowest BCUT2D eigenvalue weighted by atomic mass is 9.67. The summed E-state index contributed by atoms with van der Waals surface area (Å²) in [7, 11) is 0. The van der Waals surface area contributed by atoms with Crippen molar-refractivity contribution in [3.63, 3.8) is 0 Å². The fraction of sp³-hybridized carbons (Fsp3) is 0.684. The summed E-state index contributed by atoms with van der Waals surface area (Å²) < 4.78 is 5.84. The molecule has 0 amide bonds. The molecule has 1 aromatic rings. The third kappa shape index (κ3) is 3.79. The van der Waals surface area contributed by atoms with Gasteiger partial charge in [0.1, 0.15) is 5.75 Å². The highest BCUT2D eigenvalue weighted by molar-refractivity contribution is 5.38. The number of aliphatic hydroxyl groups is 1. The van der Waals surface area contributed by atoms with Crippen LogP contribution in [0.25, 0.3) is 0 Å². The van der Waals surface area contributed by atoms with Crippen LogP contribution in [0.1, 0.15) is 65.4 Å². The summed E-state index contributed by atoms with van der Waals surface area (Å²) >= 11 is 0. The van der Waals surface area contributed by atoms with E-state index in [1.54, 1.807) is 0 Å². The van der Waals surface area contributed by atoms with Crippen LogP contribution in [0.3, 0.4) is 0 Å². The molecule has 21 heavy (non-hydrogen) atoms. The smallest absolute Gasteiger partial charge is 0.125 e. The Kier molecular flexibility index (Phi) is 4.98. The van der Waals surface area contributed by atoms with Crippen LogP contribution in [-0.2, 0) is 5.60 Å². The average Bonchev–Trinajstić information content (AvgIpc) is 2.45. The molecular weight excluding hydrogens is 260 g/mol. The van der Waals surface area contributed by atoms with E-state index in [9.17, 15) is 5.11 Å². The van der Waals surface area contributed by atoms with Crippen LogP contribution in [0, 0.1) is 11.3 Å². The third-order valence-corrected chi connectivity index (χ3v) is 4.89. The van der Waals surface area contributed by atoms with Crippen molar-refractivity contribution < 1.29 is 9.84 Å². The molecule has 2 nitrogen and oxygen atoms in total. The lowest BCUT2D eigenvalue weighted by Crippen LogP contribution is -2.35. The van der Waals surface area contributed by atoms with Gasteiger partial charge < -0.3 is 9.84 Å². The molecule has 0 unspecified atom stereocenters. The van der Waals surface area contributed by atoms with Crippen molar-refractivity contribution >= 4 is 0 Å². The highest BCUT2D eigenvalue weighted by Gasteiger charge is 2.39. The van der Waals surface area contributed by atoms with Crippen molar-refractivity contribution in [1.29, 1.82) is 0 Å². The standard InChI is InChI=1S/C19H30O2/c1-5-14-21-17-9-7-6-8-16(17)19(20)12-10-15(11-13-19)18(2,3)4/h6-9,15,20H,5,10-14H2,1-4H3. The van der Waals surface area contributed by atoms with Gasteiger partial charge in [0.15, 0.2) is 0 Å². The summed E-state index contributed by atoms with van der Waals surface area (Å²) in [5, 5.41) is 11.1. The maximum Gasteiger partial charge on any atom is 0.125 e. The molecule has 118 valence electrons. The topological polar surface area (TPSA) is 29.5 Å². The number of hydrogen-bond donors (Lipinski definition) is 1. The number of ether oxygens (including phenoxy) is 1. The van der Waals surface area contributed by atoms with Crippen LogP contribution in [0.5, 0.6) is 5.75 Å². The van der Waals surface area contributed by atoms with Gasteiger partial charge in [-0.3, -0.25) is 0 Å². The van der Waals surface area contributed by atoms with Crippen LogP contribution >= 0.6 is 0 Å². The van der Waals surface area contributed by atoms with Crippen molar-refractivity contribution in [2.45, 2.75) is 65.4 Å². The Morgan fingerprint density at radius 3 is 2.38 bits per heavy atom. The molecule has 1 N–H and O–H groups in total. The zero-order chi connectivity index (χ0) is 15.5. The Hall–Kier alpha value is -1.02. The van der Waals surface area contributed by atoms with Crippen molar-refractivity contribution in [1.82, 2.24) is 0 Å². The van der Waals surface area contributed by atoms with Gasteiger partial charge in [0.05, 0.1) is 12.2 Å². The molecule has 0 saturated heterocycles. The molecule has 1 aliphatic carbocycles. The van der Waals surface area contributed by atoms with E-state index in [4.69, 9.17) is 4.74 Å². The Morgan fingerprint density at radius 1 is 1.19 bits per heavy atom. The Bertz CT molecular complexity index is 451. The highest BCUT2D eigenvalue weighted by atomic mass is 16.5. The summed E-state index contributed by atoms with van der Waals surface area (Å²) in [4.78, 5) is 0. The molecule has 2 rings (SSSR count). The molecule has 0 aliphatic heterocycles. The Labute approximate surface area is 129 Å². The number of rotatable bonds is 4. The van der Waals surface area contributed by atoms with E-state index in [1.165, 1.54) is 0 Å². The first-order valence-corrected chi connectivity index (χ1v) is 8.31. The molecule has 0 radical (unpaired) electrons. The van der Waals surface area contributed by atoms with E-state index < -0.39 is 5.60 Å². The summed E-state index contributed by atoms with van der Waals surface area (Å²) in [5.74, 6) is 1.55. The SMILES string of the molecule is CCCOc1ccccc1C1(O)CCC(C(C)(C)C)CC1. The van der Waals surface area contributed by atoms with Gasteiger partial charge in [-0.2, -0.15) is 0 Å². The summed E-state index contributed by atoms with van der Waals surface area (Å²) in [6.45, 7) is 9.73. The number of para-hydroxylation sites is 1. The predicted octanol–water partition coefficient (Wildman–Crippen LogP) is 4.90. The minimum absolute atomic E-state index is 0.333. The molecule has 0 spiro atoms. The molecule has 1 saturated carbocycles. The monoisotopic (exact) mass is 290 g/mol. The molecular formula is C19H30O2. The van der Waals surface area contributed by atoms with Gasteiger partial charge in [-0.25, -0.2) is 0 Å². The molecule has 0 atom stereocenters. The van der Waals surface area contributed by atoms with Gasteiger partial charge >= 0.3 is 0 Å². The molecule has 1 aromatic carbocycles. The number of hydrogen-bond acceptors (Lipinski definition) is 2. The summed E-state index contributed by atoms with van der Waals surface area (Å²) in [5.41, 5.74) is 0.594. The molecule has 0 heterocycles. The highest BCUT2D eigenvalue weighted by Crippen LogP contribution is 2.47. The molecule has 0 aromatic heterocycles. The first-order chi connectivity index (χ1) is 9.87. The van der Waals surface area contributed by atoms with E-state index in [-0.39, 0.29) is 0 Å². The summed E-state index contributed by atoms with van der Waals surface area (Å²) in [6.07, 6.45) is 4.83. The van der Waals surface area contributed by atoms with E-state index in [0.717, 1.165) is 43.4 Å². The minimum atomic E-state index is -0.716. The first-order valence-electron chi connectivity index (χ1n) is 8.31. The molecule has 1 fully saturated rings. The lowest BCUT2D eigenvalue weighted by Gasteiger charge is -2.42. The van der Waals surface area contributed by atoms with Gasteiger partial charge in [-0.1, -0.05) is 45.9 Å². The van der Waals surface area contributed by atoms with E-state index in [2.05, 4.69) is 27.7 Å². The van der Waals surface area contributed by atoms with Crippen molar-refractivity contribution in [3.05, 3.63) is 29.8 Å². The first kappa shape index (κ1) is 16.4. The van der Waals surface area contributed by atoms with E-state index >= 15 is 0 Å². The van der Waals surface area contributed by atoms with Crippen molar-refractivity contribution in [2.24, 2.45) is 11.3 Å². The van der Waals surface area contributed by atoms with Gasteiger partial charge in [0.2, 0.25) is 0 Å². The second-order valence-corrected chi connectivity index (χ2v) is 7.52. The zero-order valence-electron chi connectivity index (χ0n) is 14.0. The normalized spacial score (nSPS) is 26.6. The maximum atomic E-state index is 11.1. The van der Waals surface area contributed by atoms with Gasteiger partial charge in [0, 0.05) is 5.56 Å². The molecule has 1 aliphatic rings. The van der Waals surface area contributed by atoms with Gasteiger partial charge in [-0.15, -0.1) is 0 Å². The fourth-order valence-electron chi connectivity index (χ4n) is 3.42. The zero-order valence-corrected chi connectivity index (χ0v) is 14.0. The Morgan fingerprint density at radius 2 is 1.81 bits per heavy atom. The maximum absolute atomic E-state index is 11.1. The predicted molar refractivity (Wildman–Crippen MR) is 87.5 cm³/mol. The average molecular weight is 290 g/mol. The van der Waals surface area contributed by atoms with Crippen LogP contribution in [0.15, 0.2) is 24.3 Å². The van der Waals surface area contributed by atoms with Gasteiger partial charge in [-0.05, 0) is 49.5 Å². The minimum Gasteiger partial charge on any atom is -0.493 e. The van der Waals surface area contributed by atoms with E-state index in [0.29, 0.717) is 17.9 Å². The number of benzene rings is 1. The largest absolute Gasteiger partial charge is 0.493 e. The molecule has 2 heteroatoms. The Balaban J connectivity index is 2.15. The lowest BCUT2D eigenvalue weighted by molar-refractivity contribution is -0.0315. The fourth-order valence-corrected chi connectivity index (χ4v) is 3.42. The second-order valence-electron chi connectivity index (χ2n) is 7.52. The van der Waals surface area contributed by atoms with Crippen molar-refractivity contribution in [3.8, 4) is 5.75 Å². The third-order valence-electron chi connectivity index (χ3n) is 4.89. The van der Waals surface area contributed by atoms with Crippen LogP contribution < -0.4 is 4.74 Å². The van der Waals surface area contributed by atoms with Crippen LogP contribution in [0.2, 0.25) is 0 Å².